The van der Waals surface area contributed by atoms with Gasteiger partial charge in [0.25, 0.3) is 5.91 Å². The summed E-state index contributed by atoms with van der Waals surface area (Å²) in [4.78, 5) is 14.9. The van der Waals surface area contributed by atoms with E-state index < -0.39 is 0 Å². The molecule has 1 aromatic heterocycles. The van der Waals surface area contributed by atoms with Gasteiger partial charge in [-0.05, 0) is 6.92 Å². The molecule has 0 saturated heterocycles. The van der Waals surface area contributed by atoms with Crippen LogP contribution in [0, 0.1) is 0 Å². The lowest BCUT2D eigenvalue weighted by Crippen LogP contribution is -2.18. The first-order valence-electron chi connectivity index (χ1n) is 3.58. The van der Waals surface area contributed by atoms with Gasteiger partial charge in [-0.25, -0.2) is 4.98 Å². The van der Waals surface area contributed by atoms with E-state index in [1.54, 1.807) is 6.92 Å². The molecule has 1 amide bonds. The number of nitrogens with two attached hydrogens (primary N) is 1. The first-order valence-corrected chi connectivity index (χ1v) is 3.58. The molecule has 1 heterocycles. The summed E-state index contributed by atoms with van der Waals surface area (Å²) in [5.74, 6) is 0.0965. The summed E-state index contributed by atoms with van der Waals surface area (Å²) < 4.78 is 4.95. The molecule has 66 valence electrons. The molecule has 0 fully saturated rings. The number of aromatic nitrogens is 1. The van der Waals surface area contributed by atoms with Crippen molar-refractivity contribution < 1.29 is 9.21 Å². The minimum atomic E-state index is -0.289. The maximum absolute atomic E-state index is 11.0. The highest BCUT2D eigenvalue weighted by atomic mass is 16.3. The Morgan fingerprint density at radius 2 is 2.50 bits per heavy atom. The quantitative estimate of drug-likeness (QED) is 0.655. The summed E-state index contributed by atoms with van der Waals surface area (Å²) in [6.07, 6.45) is 1.29. The Hall–Kier alpha value is -1.36. The second kappa shape index (κ2) is 3.36. The molecular formula is C7H11N3O2. The van der Waals surface area contributed by atoms with E-state index in [1.165, 1.54) is 13.3 Å². The molecule has 1 rings (SSSR count). The summed E-state index contributed by atoms with van der Waals surface area (Å²) in [6, 6.07) is -0.289. The van der Waals surface area contributed by atoms with E-state index in [4.69, 9.17) is 10.2 Å². The largest absolute Gasteiger partial charge is 0.446 e. The Bertz CT molecular complexity index is 280. The van der Waals surface area contributed by atoms with Gasteiger partial charge < -0.3 is 15.5 Å². The standard InChI is InChI=1S/C7H11N3O2/c1-4(8)7-10-5(3-12-7)6(11)9-2/h3-4H,8H2,1-2H3,(H,9,11). The molecule has 0 saturated carbocycles. The Kier molecular flexibility index (Phi) is 2.44. The van der Waals surface area contributed by atoms with Crippen molar-refractivity contribution >= 4 is 5.91 Å². The van der Waals surface area contributed by atoms with Crippen LogP contribution in [-0.4, -0.2) is 17.9 Å². The zero-order valence-corrected chi connectivity index (χ0v) is 7.00. The van der Waals surface area contributed by atoms with Gasteiger partial charge in [0.2, 0.25) is 5.89 Å². The highest BCUT2D eigenvalue weighted by molar-refractivity contribution is 5.91. The number of hydrogen-bond acceptors (Lipinski definition) is 4. The van der Waals surface area contributed by atoms with Crippen molar-refractivity contribution in [3.05, 3.63) is 17.8 Å². The Balaban J connectivity index is 2.84. The normalized spacial score (nSPS) is 12.6. The molecule has 12 heavy (non-hydrogen) atoms. The van der Waals surface area contributed by atoms with E-state index in [-0.39, 0.29) is 17.6 Å². The summed E-state index contributed by atoms with van der Waals surface area (Å²) >= 11 is 0. The monoisotopic (exact) mass is 169 g/mol. The molecule has 3 N–H and O–H groups in total. The molecule has 1 unspecified atom stereocenters. The first kappa shape index (κ1) is 8.73. The van der Waals surface area contributed by atoms with Gasteiger partial charge in [0.1, 0.15) is 6.26 Å². The van der Waals surface area contributed by atoms with Crippen LogP contribution in [0.1, 0.15) is 29.3 Å². The molecule has 5 heteroatoms. The second-order valence-electron chi connectivity index (χ2n) is 2.44. The number of nitrogens with zero attached hydrogens (tertiary/aromatic N) is 1. The maximum atomic E-state index is 11.0. The van der Waals surface area contributed by atoms with Crippen molar-refractivity contribution in [3.63, 3.8) is 0 Å². The van der Waals surface area contributed by atoms with Crippen molar-refractivity contribution in [1.29, 1.82) is 0 Å². The second-order valence-corrected chi connectivity index (χ2v) is 2.44. The van der Waals surface area contributed by atoms with Crippen molar-refractivity contribution in [2.24, 2.45) is 5.73 Å². The number of nitrogens with one attached hydrogen (secondary N) is 1. The first-order chi connectivity index (χ1) is 5.65. The van der Waals surface area contributed by atoms with Crippen molar-refractivity contribution in [1.82, 2.24) is 10.3 Å². The number of hydrogen-bond donors (Lipinski definition) is 2. The molecular weight excluding hydrogens is 158 g/mol. The minimum absolute atomic E-state index is 0.254. The van der Waals surface area contributed by atoms with Gasteiger partial charge in [0, 0.05) is 7.05 Å². The number of oxazole rings is 1. The van der Waals surface area contributed by atoms with Crippen molar-refractivity contribution in [3.8, 4) is 0 Å². The minimum Gasteiger partial charge on any atom is -0.446 e. The highest BCUT2D eigenvalue weighted by Crippen LogP contribution is 2.08. The SMILES string of the molecule is CNC(=O)c1coc(C(C)N)n1. The lowest BCUT2D eigenvalue weighted by atomic mass is 10.4. The lowest BCUT2D eigenvalue weighted by Gasteiger charge is -1.95. The van der Waals surface area contributed by atoms with Gasteiger partial charge in [-0.15, -0.1) is 0 Å². The van der Waals surface area contributed by atoms with Crippen LogP contribution in [-0.2, 0) is 0 Å². The summed E-state index contributed by atoms with van der Waals surface area (Å²) in [7, 11) is 1.53. The van der Waals surface area contributed by atoms with Crippen LogP contribution >= 0.6 is 0 Å². The third kappa shape index (κ3) is 1.62. The van der Waals surface area contributed by atoms with Crippen LogP contribution in [0.3, 0.4) is 0 Å². The summed E-state index contributed by atoms with van der Waals surface area (Å²) in [6.45, 7) is 1.74. The van der Waals surface area contributed by atoms with Crippen LogP contribution in [0.15, 0.2) is 10.7 Å². The highest BCUT2D eigenvalue weighted by Gasteiger charge is 2.12. The molecule has 0 aliphatic rings. The maximum Gasteiger partial charge on any atom is 0.272 e. The van der Waals surface area contributed by atoms with Gasteiger partial charge in [0.15, 0.2) is 5.69 Å². The third-order valence-corrected chi connectivity index (χ3v) is 1.37. The number of rotatable bonds is 2. The van der Waals surface area contributed by atoms with Crippen LogP contribution in [0.25, 0.3) is 0 Å². The van der Waals surface area contributed by atoms with E-state index in [0.717, 1.165) is 0 Å². The fourth-order valence-electron chi connectivity index (χ4n) is 0.729. The van der Waals surface area contributed by atoms with Gasteiger partial charge in [-0.2, -0.15) is 0 Å². The molecule has 0 spiro atoms. The van der Waals surface area contributed by atoms with Gasteiger partial charge >= 0.3 is 0 Å². The molecule has 5 nitrogen and oxygen atoms in total. The average Bonchev–Trinajstić information content (AvgIpc) is 2.51. The van der Waals surface area contributed by atoms with E-state index >= 15 is 0 Å². The lowest BCUT2D eigenvalue weighted by molar-refractivity contribution is 0.0958. The van der Waals surface area contributed by atoms with E-state index in [0.29, 0.717) is 5.89 Å². The summed E-state index contributed by atoms with van der Waals surface area (Å²) in [5, 5.41) is 2.43. The predicted molar refractivity (Wildman–Crippen MR) is 42.5 cm³/mol. The topological polar surface area (TPSA) is 81.2 Å². The van der Waals surface area contributed by atoms with Crippen LogP contribution in [0.4, 0.5) is 0 Å². The third-order valence-electron chi connectivity index (χ3n) is 1.37. The van der Waals surface area contributed by atoms with Gasteiger partial charge in [-0.3, -0.25) is 4.79 Å². The number of carbonyl (C=O) groups excluding carboxylic acids is 1. The summed E-state index contributed by atoms with van der Waals surface area (Å²) in [5.41, 5.74) is 5.74. The zero-order chi connectivity index (χ0) is 9.14. The predicted octanol–water partition coefficient (Wildman–Crippen LogP) is 0.0539. The fraction of sp³-hybridized carbons (Fsp3) is 0.429. The van der Waals surface area contributed by atoms with E-state index in [9.17, 15) is 4.79 Å². The molecule has 1 atom stereocenters. The van der Waals surface area contributed by atoms with Crippen LogP contribution < -0.4 is 11.1 Å². The van der Waals surface area contributed by atoms with E-state index in [2.05, 4.69) is 10.3 Å². The average molecular weight is 169 g/mol. The van der Waals surface area contributed by atoms with E-state index in [1.807, 2.05) is 0 Å². The number of carbonyl (C=O) groups is 1. The Morgan fingerprint density at radius 3 is 2.92 bits per heavy atom. The Labute approximate surface area is 70.0 Å². The Morgan fingerprint density at radius 1 is 1.83 bits per heavy atom. The van der Waals surface area contributed by atoms with Crippen LogP contribution in [0.2, 0.25) is 0 Å². The van der Waals surface area contributed by atoms with Gasteiger partial charge in [-0.1, -0.05) is 0 Å². The van der Waals surface area contributed by atoms with Crippen molar-refractivity contribution in [2.75, 3.05) is 7.05 Å². The van der Waals surface area contributed by atoms with Crippen LogP contribution in [0.5, 0.6) is 0 Å². The molecule has 1 aromatic rings. The molecule has 0 aliphatic heterocycles. The fourth-order valence-corrected chi connectivity index (χ4v) is 0.729. The molecule has 0 bridgehead atoms. The smallest absolute Gasteiger partial charge is 0.272 e. The molecule has 0 aromatic carbocycles. The zero-order valence-electron chi connectivity index (χ0n) is 7.00. The van der Waals surface area contributed by atoms with Gasteiger partial charge in [0.05, 0.1) is 6.04 Å². The van der Waals surface area contributed by atoms with Crippen molar-refractivity contribution in [2.45, 2.75) is 13.0 Å². The number of amides is 1. The molecule has 0 aliphatic carbocycles. The molecule has 0 radical (unpaired) electrons.